The van der Waals surface area contributed by atoms with Gasteiger partial charge in [0.05, 0.1) is 5.69 Å². The minimum atomic E-state index is -0.289. The van der Waals surface area contributed by atoms with E-state index in [2.05, 4.69) is 37.2 Å². The first kappa shape index (κ1) is 13.8. The summed E-state index contributed by atoms with van der Waals surface area (Å²) in [6, 6.07) is 10.4. The predicted molar refractivity (Wildman–Crippen MR) is 80.6 cm³/mol. The SMILES string of the molecule is Fc1cccc(Br)c1NCc1cc(Cl)ccc1Br. The highest BCUT2D eigenvalue weighted by molar-refractivity contribution is 9.10. The standard InChI is InChI=1S/C13H9Br2ClFN/c14-10-5-4-9(16)6-8(10)7-18-13-11(15)2-1-3-12(13)17/h1-6,18H,7H2. The maximum atomic E-state index is 13.6. The molecule has 0 saturated heterocycles. The van der Waals surface area contributed by atoms with E-state index in [1.54, 1.807) is 18.2 Å². The van der Waals surface area contributed by atoms with Crippen LogP contribution in [0.5, 0.6) is 0 Å². The molecule has 0 atom stereocenters. The van der Waals surface area contributed by atoms with Gasteiger partial charge in [-0.15, -0.1) is 0 Å². The Kier molecular flexibility index (Phi) is 4.65. The van der Waals surface area contributed by atoms with Gasteiger partial charge in [-0.2, -0.15) is 0 Å². The Labute approximate surface area is 127 Å². The molecule has 2 aromatic carbocycles. The van der Waals surface area contributed by atoms with Crippen molar-refractivity contribution in [3.8, 4) is 0 Å². The number of hydrogen-bond donors (Lipinski definition) is 1. The van der Waals surface area contributed by atoms with Crippen molar-refractivity contribution < 1.29 is 4.39 Å². The molecule has 0 fully saturated rings. The second-order valence-electron chi connectivity index (χ2n) is 3.69. The van der Waals surface area contributed by atoms with Gasteiger partial charge in [-0.05, 0) is 51.8 Å². The molecule has 18 heavy (non-hydrogen) atoms. The molecule has 0 aliphatic heterocycles. The molecule has 1 nitrogen and oxygen atoms in total. The Balaban J connectivity index is 2.19. The third kappa shape index (κ3) is 3.25. The summed E-state index contributed by atoms with van der Waals surface area (Å²) in [5.74, 6) is -0.289. The molecule has 0 aliphatic rings. The lowest BCUT2D eigenvalue weighted by Gasteiger charge is -2.11. The molecule has 5 heteroatoms. The summed E-state index contributed by atoms with van der Waals surface area (Å²) in [6.45, 7) is 0.487. The van der Waals surface area contributed by atoms with Crippen LogP contribution in [0.2, 0.25) is 5.02 Å². The second kappa shape index (κ2) is 6.04. The van der Waals surface area contributed by atoms with Crippen LogP contribution in [0.25, 0.3) is 0 Å². The van der Waals surface area contributed by atoms with Crippen molar-refractivity contribution in [1.82, 2.24) is 0 Å². The summed E-state index contributed by atoms with van der Waals surface area (Å²) in [5.41, 5.74) is 1.42. The summed E-state index contributed by atoms with van der Waals surface area (Å²) in [7, 11) is 0. The largest absolute Gasteiger partial charge is 0.378 e. The van der Waals surface area contributed by atoms with Crippen LogP contribution in [0.15, 0.2) is 45.3 Å². The number of anilines is 1. The summed E-state index contributed by atoms with van der Waals surface area (Å²) in [4.78, 5) is 0. The summed E-state index contributed by atoms with van der Waals surface area (Å²) in [5, 5.41) is 3.71. The van der Waals surface area contributed by atoms with E-state index in [0.717, 1.165) is 10.0 Å². The van der Waals surface area contributed by atoms with Gasteiger partial charge >= 0.3 is 0 Å². The van der Waals surface area contributed by atoms with Crippen LogP contribution in [0.4, 0.5) is 10.1 Å². The van der Waals surface area contributed by atoms with Crippen molar-refractivity contribution >= 4 is 49.1 Å². The highest BCUT2D eigenvalue weighted by Gasteiger charge is 2.07. The van der Waals surface area contributed by atoms with Gasteiger partial charge in [0.1, 0.15) is 5.82 Å². The zero-order chi connectivity index (χ0) is 13.1. The summed E-state index contributed by atoms with van der Waals surface area (Å²) in [6.07, 6.45) is 0. The molecule has 94 valence electrons. The lowest BCUT2D eigenvalue weighted by molar-refractivity contribution is 0.629. The summed E-state index contributed by atoms with van der Waals surface area (Å²) >= 11 is 12.7. The fraction of sp³-hybridized carbons (Fsp3) is 0.0769. The maximum absolute atomic E-state index is 13.6. The lowest BCUT2D eigenvalue weighted by Crippen LogP contribution is -2.03. The second-order valence-corrected chi connectivity index (χ2v) is 5.83. The van der Waals surface area contributed by atoms with Crippen LogP contribution < -0.4 is 5.32 Å². The summed E-state index contributed by atoms with van der Waals surface area (Å²) < 4.78 is 15.2. The van der Waals surface area contributed by atoms with E-state index in [1.807, 2.05) is 12.1 Å². The number of halogens is 4. The average Bonchev–Trinajstić information content (AvgIpc) is 2.33. The highest BCUT2D eigenvalue weighted by Crippen LogP contribution is 2.27. The molecule has 0 unspecified atom stereocenters. The van der Waals surface area contributed by atoms with E-state index in [0.29, 0.717) is 21.7 Å². The molecule has 0 aliphatic carbocycles. The molecule has 0 aromatic heterocycles. The van der Waals surface area contributed by atoms with Gasteiger partial charge in [-0.1, -0.05) is 33.6 Å². The van der Waals surface area contributed by atoms with E-state index < -0.39 is 0 Å². The molecule has 0 radical (unpaired) electrons. The fourth-order valence-corrected chi connectivity index (χ4v) is 2.59. The van der Waals surface area contributed by atoms with Crippen molar-refractivity contribution in [2.75, 3.05) is 5.32 Å². The van der Waals surface area contributed by atoms with Crippen LogP contribution in [-0.2, 0) is 6.54 Å². The smallest absolute Gasteiger partial charge is 0.147 e. The molecular formula is C13H9Br2ClFN. The van der Waals surface area contributed by atoms with E-state index in [1.165, 1.54) is 6.07 Å². The number of rotatable bonds is 3. The topological polar surface area (TPSA) is 12.0 Å². The van der Waals surface area contributed by atoms with Gasteiger partial charge in [0.25, 0.3) is 0 Å². The molecule has 1 N–H and O–H groups in total. The van der Waals surface area contributed by atoms with Crippen LogP contribution >= 0.6 is 43.5 Å². The van der Waals surface area contributed by atoms with Gasteiger partial charge in [0.15, 0.2) is 0 Å². The van der Waals surface area contributed by atoms with Crippen LogP contribution in [-0.4, -0.2) is 0 Å². The Morgan fingerprint density at radius 3 is 2.61 bits per heavy atom. The Morgan fingerprint density at radius 1 is 1.11 bits per heavy atom. The minimum absolute atomic E-state index is 0.289. The van der Waals surface area contributed by atoms with Gasteiger partial charge in [0, 0.05) is 20.5 Å². The molecule has 0 heterocycles. The van der Waals surface area contributed by atoms with E-state index in [4.69, 9.17) is 11.6 Å². The normalized spacial score (nSPS) is 10.4. The Hall–Kier alpha value is -0.580. The van der Waals surface area contributed by atoms with Crippen molar-refractivity contribution in [3.05, 3.63) is 61.7 Å². The number of nitrogens with one attached hydrogen (secondary N) is 1. The first-order valence-electron chi connectivity index (χ1n) is 5.20. The van der Waals surface area contributed by atoms with Crippen LogP contribution in [0, 0.1) is 5.82 Å². The molecule has 0 bridgehead atoms. The first-order chi connectivity index (χ1) is 8.58. The molecule has 0 saturated carbocycles. The Morgan fingerprint density at radius 2 is 1.89 bits per heavy atom. The van der Waals surface area contributed by atoms with Gasteiger partial charge in [-0.25, -0.2) is 4.39 Å². The maximum Gasteiger partial charge on any atom is 0.147 e. The zero-order valence-corrected chi connectivity index (χ0v) is 13.1. The van der Waals surface area contributed by atoms with Gasteiger partial charge in [-0.3, -0.25) is 0 Å². The number of benzene rings is 2. The van der Waals surface area contributed by atoms with Gasteiger partial charge in [0.2, 0.25) is 0 Å². The Bertz CT molecular complexity index is 555. The molecular weight excluding hydrogens is 384 g/mol. The molecule has 2 rings (SSSR count). The van der Waals surface area contributed by atoms with Crippen molar-refractivity contribution in [3.63, 3.8) is 0 Å². The third-order valence-corrected chi connectivity index (χ3v) is 4.10. The zero-order valence-electron chi connectivity index (χ0n) is 9.18. The fourth-order valence-electron chi connectivity index (χ4n) is 1.53. The quantitative estimate of drug-likeness (QED) is 0.714. The monoisotopic (exact) mass is 391 g/mol. The first-order valence-corrected chi connectivity index (χ1v) is 7.16. The van der Waals surface area contributed by atoms with Crippen molar-refractivity contribution in [2.45, 2.75) is 6.54 Å². The average molecular weight is 393 g/mol. The molecule has 0 spiro atoms. The highest BCUT2D eigenvalue weighted by atomic mass is 79.9. The van der Waals surface area contributed by atoms with Crippen molar-refractivity contribution in [1.29, 1.82) is 0 Å². The van der Waals surface area contributed by atoms with E-state index in [-0.39, 0.29) is 5.82 Å². The lowest BCUT2D eigenvalue weighted by atomic mass is 10.2. The number of para-hydroxylation sites is 1. The van der Waals surface area contributed by atoms with Gasteiger partial charge < -0.3 is 5.32 Å². The van der Waals surface area contributed by atoms with Crippen molar-refractivity contribution in [2.24, 2.45) is 0 Å². The van der Waals surface area contributed by atoms with Crippen LogP contribution in [0.1, 0.15) is 5.56 Å². The van der Waals surface area contributed by atoms with E-state index in [9.17, 15) is 4.39 Å². The predicted octanol–water partition coefficient (Wildman–Crippen LogP) is 5.62. The minimum Gasteiger partial charge on any atom is -0.378 e. The molecule has 0 amide bonds. The van der Waals surface area contributed by atoms with E-state index >= 15 is 0 Å². The van der Waals surface area contributed by atoms with Crippen LogP contribution in [0.3, 0.4) is 0 Å². The third-order valence-electron chi connectivity index (χ3n) is 2.43. The molecule has 2 aromatic rings. The number of hydrogen-bond acceptors (Lipinski definition) is 1.